The van der Waals surface area contributed by atoms with Crippen molar-refractivity contribution >= 4 is 16.6 Å². The first-order valence-electron chi connectivity index (χ1n) is 7.29. The molecule has 0 aliphatic heterocycles. The summed E-state index contributed by atoms with van der Waals surface area (Å²) in [5.41, 5.74) is 7.49. The van der Waals surface area contributed by atoms with Crippen molar-refractivity contribution in [2.24, 2.45) is 0 Å². The van der Waals surface area contributed by atoms with Crippen molar-refractivity contribution in [2.75, 3.05) is 5.32 Å². The molecule has 3 aromatic rings. The minimum Gasteiger partial charge on any atom is -0.379 e. The second-order valence-corrected chi connectivity index (χ2v) is 5.61. The number of rotatable bonds is 3. The molecule has 1 N–H and O–H groups in total. The van der Waals surface area contributed by atoms with E-state index in [1.165, 1.54) is 27.6 Å². The average Bonchev–Trinajstić information content (AvgIpc) is 2.46. The van der Waals surface area contributed by atoms with Gasteiger partial charge in [0.05, 0.1) is 11.2 Å². The minimum atomic E-state index is 0.827. The van der Waals surface area contributed by atoms with Crippen LogP contribution in [0.2, 0.25) is 0 Å². The van der Waals surface area contributed by atoms with Gasteiger partial charge in [0.2, 0.25) is 0 Å². The van der Waals surface area contributed by atoms with E-state index < -0.39 is 0 Å². The van der Waals surface area contributed by atoms with Crippen molar-refractivity contribution in [3.63, 3.8) is 0 Å². The first kappa shape index (κ1) is 13.6. The maximum absolute atomic E-state index is 4.49. The van der Waals surface area contributed by atoms with Crippen molar-refractivity contribution in [1.82, 2.24) is 4.98 Å². The fourth-order valence-corrected chi connectivity index (χ4v) is 2.92. The summed E-state index contributed by atoms with van der Waals surface area (Å²) in [4.78, 5) is 4.49. The lowest BCUT2D eigenvalue weighted by Gasteiger charge is -2.14. The van der Waals surface area contributed by atoms with Crippen molar-refractivity contribution in [3.8, 4) is 0 Å². The van der Waals surface area contributed by atoms with Gasteiger partial charge in [-0.15, -0.1) is 0 Å². The van der Waals surface area contributed by atoms with Gasteiger partial charge in [-0.2, -0.15) is 0 Å². The molecule has 0 spiro atoms. The molecule has 1 aromatic heterocycles. The van der Waals surface area contributed by atoms with Crippen molar-refractivity contribution in [3.05, 3.63) is 70.9 Å². The third kappa shape index (κ3) is 2.75. The molecule has 0 radical (unpaired) electrons. The third-order valence-corrected chi connectivity index (χ3v) is 3.93. The van der Waals surface area contributed by atoms with Crippen molar-refractivity contribution in [2.45, 2.75) is 27.3 Å². The lowest BCUT2D eigenvalue weighted by Crippen LogP contribution is -2.04. The number of benzene rings is 2. The summed E-state index contributed by atoms with van der Waals surface area (Å²) < 4.78 is 0. The van der Waals surface area contributed by atoms with Gasteiger partial charge in [-0.1, -0.05) is 35.9 Å². The average molecular weight is 276 g/mol. The number of nitrogens with zero attached hydrogens (tertiary/aromatic N) is 1. The Kier molecular flexibility index (Phi) is 3.61. The Morgan fingerprint density at radius 1 is 0.952 bits per heavy atom. The molecule has 3 rings (SSSR count). The maximum atomic E-state index is 4.49. The number of aromatic nitrogens is 1. The quantitative estimate of drug-likeness (QED) is 0.745. The molecule has 0 atom stereocenters. The van der Waals surface area contributed by atoms with E-state index in [1.807, 2.05) is 12.3 Å². The molecule has 106 valence electrons. The first-order chi connectivity index (χ1) is 10.1. The lowest BCUT2D eigenvalue weighted by atomic mass is 10.00. The van der Waals surface area contributed by atoms with Gasteiger partial charge in [0.1, 0.15) is 0 Å². The fourth-order valence-electron chi connectivity index (χ4n) is 2.92. The van der Waals surface area contributed by atoms with E-state index in [9.17, 15) is 0 Å². The number of hydrogen-bond acceptors (Lipinski definition) is 2. The summed E-state index contributed by atoms with van der Waals surface area (Å²) in [5.74, 6) is 0. The summed E-state index contributed by atoms with van der Waals surface area (Å²) in [5, 5.41) is 4.71. The highest BCUT2D eigenvalue weighted by Gasteiger charge is 2.06. The summed E-state index contributed by atoms with van der Waals surface area (Å²) in [6, 6.07) is 14.8. The van der Waals surface area contributed by atoms with Gasteiger partial charge in [0.25, 0.3) is 0 Å². The number of nitrogens with one attached hydrogen (secondary N) is 1. The number of para-hydroxylation sites is 1. The Labute approximate surface area is 125 Å². The van der Waals surface area contributed by atoms with Gasteiger partial charge < -0.3 is 5.32 Å². The molecule has 0 amide bonds. The molecule has 0 bridgehead atoms. The van der Waals surface area contributed by atoms with Crippen LogP contribution in [0.5, 0.6) is 0 Å². The molecule has 0 saturated carbocycles. The molecule has 2 aromatic carbocycles. The van der Waals surface area contributed by atoms with Crippen LogP contribution < -0.4 is 5.32 Å². The van der Waals surface area contributed by atoms with Crippen LogP contribution in [-0.4, -0.2) is 4.98 Å². The third-order valence-electron chi connectivity index (χ3n) is 3.93. The molecule has 2 heteroatoms. The summed E-state index contributed by atoms with van der Waals surface area (Å²) in [6.07, 6.45) is 1.84. The molecular weight excluding hydrogens is 256 g/mol. The van der Waals surface area contributed by atoms with Gasteiger partial charge >= 0.3 is 0 Å². The SMILES string of the molecule is Cc1cc(C)c(CNc2cccc3cccnc23)c(C)c1. The zero-order valence-corrected chi connectivity index (χ0v) is 12.8. The molecule has 1 heterocycles. The number of hydrogen-bond donors (Lipinski definition) is 1. The number of pyridine rings is 1. The highest BCUT2D eigenvalue weighted by Crippen LogP contribution is 2.23. The number of anilines is 1. The van der Waals surface area contributed by atoms with Crippen LogP contribution in [0.1, 0.15) is 22.3 Å². The van der Waals surface area contributed by atoms with Crippen LogP contribution >= 0.6 is 0 Å². The topological polar surface area (TPSA) is 24.9 Å². The van der Waals surface area contributed by atoms with Crippen LogP contribution in [0.4, 0.5) is 5.69 Å². The Morgan fingerprint density at radius 3 is 2.43 bits per heavy atom. The Morgan fingerprint density at radius 2 is 1.67 bits per heavy atom. The predicted octanol–water partition coefficient (Wildman–Crippen LogP) is 4.77. The second kappa shape index (κ2) is 5.57. The minimum absolute atomic E-state index is 0.827. The molecule has 0 unspecified atom stereocenters. The van der Waals surface area contributed by atoms with E-state index in [4.69, 9.17) is 0 Å². The van der Waals surface area contributed by atoms with Crippen LogP contribution in [0.3, 0.4) is 0 Å². The zero-order chi connectivity index (χ0) is 14.8. The van der Waals surface area contributed by atoms with Gasteiger partial charge in [0.15, 0.2) is 0 Å². The monoisotopic (exact) mass is 276 g/mol. The van der Waals surface area contributed by atoms with E-state index in [0.717, 1.165) is 17.7 Å². The molecular formula is C19H20N2. The van der Waals surface area contributed by atoms with E-state index in [1.54, 1.807) is 0 Å². The predicted molar refractivity (Wildman–Crippen MR) is 89.7 cm³/mol. The van der Waals surface area contributed by atoms with Crippen molar-refractivity contribution in [1.29, 1.82) is 0 Å². The van der Waals surface area contributed by atoms with Gasteiger partial charge in [0, 0.05) is 18.1 Å². The largest absolute Gasteiger partial charge is 0.379 e. The smallest absolute Gasteiger partial charge is 0.0933 e. The Hall–Kier alpha value is -2.35. The standard InChI is InChI=1S/C19H20N2/c1-13-10-14(2)17(15(3)11-13)12-21-18-8-4-6-16-7-5-9-20-19(16)18/h4-11,21H,12H2,1-3H3. The molecule has 0 saturated heterocycles. The maximum Gasteiger partial charge on any atom is 0.0933 e. The van der Waals surface area contributed by atoms with Gasteiger partial charge in [-0.05, 0) is 49.6 Å². The molecule has 21 heavy (non-hydrogen) atoms. The van der Waals surface area contributed by atoms with Crippen LogP contribution in [-0.2, 0) is 6.54 Å². The second-order valence-electron chi connectivity index (χ2n) is 5.61. The van der Waals surface area contributed by atoms with Gasteiger partial charge in [-0.25, -0.2) is 0 Å². The Bertz CT molecular complexity index is 762. The summed E-state index contributed by atoms with van der Waals surface area (Å²) in [6.45, 7) is 7.33. The highest BCUT2D eigenvalue weighted by atomic mass is 14.9. The number of aryl methyl sites for hydroxylation is 3. The normalized spacial score (nSPS) is 10.8. The first-order valence-corrected chi connectivity index (χ1v) is 7.29. The van der Waals surface area contributed by atoms with Crippen LogP contribution in [0.25, 0.3) is 10.9 Å². The van der Waals surface area contributed by atoms with Crippen molar-refractivity contribution < 1.29 is 0 Å². The van der Waals surface area contributed by atoms with E-state index in [-0.39, 0.29) is 0 Å². The number of fused-ring (bicyclic) bond motifs is 1. The van der Waals surface area contributed by atoms with E-state index in [2.05, 4.69) is 67.5 Å². The molecule has 0 aliphatic rings. The molecule has 0 aliphatic carbocycles. The highest BCUT2D eigenvalue weighted by molar-refractivity contribution is 5.90. The Balaban J connectivity index is 1.91. The van der Waals surface area contributed by atoms with Gasteiger partial charge in [-0.3, -0.25) is 4.98 Å². The van der Waals surface area contributed by atoms with Crippen LogP contribution in [0, 0.1) is 20.8 Å². The van der Waals surface area contributed by atoms with E-state index >= 15 is 0 Å². The zero-order valence-electron chi connectivity index (χ0n) is 12.8. The summed E-state index contributed by atoms with van der Waals surface area (Å²) >= 11 is 0. The lowest BCUT2D eigenvalue weighted by molar-refractivity contribution is 1.08. The molecule has 2 nitrogen and oxygen atoms in total. The fraction of sp³-hybridized carbons (Fsp3) is 0.211. The molecule has 0 fully saturated rings. The van der Waals surface area contributed by atoms with E-state index in [0.29, 0.717) is 0 Å². The van der Waals surface area contributed by atoms with Crippen LogP contribution in [0.15, 0.2) is 48.7 Å². The summed E-state index contributed by atoms with van der Waals surface area (Å²) in [7, 11) is 0.